The molecule has 4 nitrogen and oxygen atoms in total. The number of benzene rings is 3. The molecular weight excluding hydrogens is 379 g/mol. The van der Waals surface area contributed by atoms with Crippen molar-refractivity contribution in [3.63, 3.8) is 0 Å². The van der Waals surface area contributed by atoms with E-state index in [1.807, 2.05) is 30.3 Å². The number of carbonyl (C=O) groups is 1. The molecule has 0 fully saturated rings. The third-order valence-electron chi connectivity index (χ3n) is 4.07. The minimum absolute atomic E-state index is 0.289. The number of ether oxygens (including phenoxy) is 1. The standard InChI is InChI=1S/C22H20ClFN2O2/c1-2-28-22(27)26-21-11-6-15(14-25-19-5-3-4-18(24)13-19)12-20(21)16-7-9-17(23)10-8-16/h3-13,25H,2,14H2,1H3,(H,26,27). The van der Waals surface area contributed by atoms with E-state index in [2.05, 4.69) is 10.6 Å². The fourth-order valence-electron chi connectivity index (χ4n) is 2.76. The third kappa shape index (κ3) is 5.24. The molecule has 0 unspecified atom stereocenters. The summed E-state index contributed by atoms with van der Waals surface area (Å²) in [6, 6.07) is 19.4. The number of rotatable bonds is 6. The topological polar surface area (TPSA) is 50.4 Å². The molecule has 0 aliphatic carbocycles. The highest BCUT2D eigenvalue weighted by molar-refractivity contribution is 6.30. The lowest BCUT2D eigenvalue weighted by molar-refractivity contribution is 0.168. The fraction of sp³-hybridized carbons (Fsp3) is 0.136. The van der Waals surface area contributed by atoms with E-state index in [4.69, 9.17) is 16.3 Å². The molecule has 6 heteroatoms. The lowest BCUT2D eigenvalue weighted by Gasteiger charge is -2.14. The van der Waals surface area contributed by atoms with Crippen LogP contribution in [0.3, 0.4) is 0 Å². The maximum Gasteiger partial charge on any atom is 0.411 e. The van der Waals surface area contributed by atoms with Crippen LogP contribution in [0.1, 0.15) is 12.5 Å². The summed E-state index contributed by atoms with van der Waals surface area (Å²) >= 11 is 6.00. The van der Waals surface area contributed by atoms with E-state index in [1.54, 1.807) is 31.2 Å². The van der Waals surface area contributed by atoms with Gasteiger partial charge in [-0.2, -0.15) is 0 Å². The van der Waals surface area contributed by atoms with Gasteiger partial charge in [-0.1, -0.05) is 35.9 Å². The van der Waals surface area contributed by atoms with Gasteiger partial charge in [-0.15, -0.1) is 0 Å². The van der Waals surface area contributed by atoms with E-state index in [-0.39, 0.29) is 12.4 Å². The van der Waals surface area contributed by atoms with Crippen LogP contribution < -0.4 is 10.6 Å². The smallest absolute Gasteiger partial charge is 0.411 e. The molecule has 28 heavy (non-hydrogen) atoms. The zero-order valence-corrected chi connectivity index (χ0v) is 16.1. The lowest BCUT2D eigenvalue weighted by Crippen LogP contribution is -2.14. The number of anilines is 2. The van der Waals surface area contributed by atoms with Crippen LogP contribution in [0.15, 0.2) is 66.7 Å². The Kier molecular flexibility index (Phi) is 6.50. The Balaban J connectivity index is 1.87. The predicted octanol–water partition coefficient (Wildman–Crippen LogP) is 6.33. The molecule has 0 saturated heterocycles. The molecule has 1 amide bonds. The first kappa shape index (κ1) is 19.7. The molecule has 0 aliphatic rings. The first-order valence-electron chi connectivity index (χ1n) is 8.87. The van der Waals surface area contributed by atoms with Crippen molar-refractivity contribution in [2.24, 2.45) is 0 Å². The Hall–Kier alpha value is -3.05. The average molecular weight is 399 g/mol. The second-order valence-corrected chi connectivity index (χ2v) is 6.53. The van der Waals surface area contributed by atoms with Crippen molar-refractivity contribution < 1.29 is 13.9 Å². The molecule has 2 N–H and O–H groups in total. The molecular formula is C22H20ClFN2O2. The van der Waals surface area contributed by atoms with Gasteiger partial charge in [0.15, 0.2) is 0 Å². The molecule has 0 bridgehead atoms. The Morgan fingerprint density at radius 3 is 2.57 bits per heavy atom. The van der Waals surface area contributed by atoms with Crippen LogP contribution in [0.25, 0.3) is 11.1 Å². The summed E-state index contributed by atoms with van der Waals surface area (Å²) in [5.74, 6) is -0.291. The molecule has 3 rings (SSSR count). The summed E-state index contributed by atoms with van der Waals surface area (Å²) in [5.41, 5.74) is 4.05. The van der Waals surface area contributed by atoms with Gasteiger partial charge in [-0.05, 0) is 60.5 Å². The second-order valence-electron chi connectivity index (χ2n) is 6.10. The van der Waals surface area contributed by atoms with Crippen molar-refractivity contribution >= 4 is 29.1 Å². The van der Waals surface area contributed by atoms with Gasteiger partial charge in [-0.3, -0.25) is 5.32 Å². The van der Waals surface area contributed by atoms with Crippen LogP contribution >= 0.6 is 11.6 Å². The molecule has 0 aliphatic heterocycles. The van der Waals surface area contributed by atoms with E-state index in [9.17, 15) is 9.18 Å². The van der Waals surface area contributed by atoms with Crippen molar-refractivity contribution in [3.05, 3.63) is 83.1 Å². The summed E-state index contributed by atoms with van der Waals surface area (Å²) in [6.45, 7) is 2.54. The molecule has 0 spiro atoms. The predicted molar refractivity (Wildman–Crippen MR) is 111 cm³/mol. The number of nitrogens with one attached hydrogen (secondary N) is 2. The van der Waals surface area contributed by atoms with Crippen molar-refractivity contribution in [3.8, 4) is 11.1 Å². The van der Waals surface area contributed by atoms with E-state index < -0.39 is 6.09 Å². The van der Waals surface area contributed by atoms with Gasteiger partial charge in [0.1, 0.15) is 5.82 Å². The van der Waals surface area contributed by atoms with E-state index in [1.165, 1.54) is 12.1 Å². The van der Waals surface area contributed by atoms with E-state index in [0.717, 1.165) is 16.7 Å². The van der Waals surface area contributed by atoms with Crippen LogP contribution in [0, 0.1) is 5.82 Å². The average Bonchev–Trinajstić information content (AvgIpc) is 2.68. The Morgan fingerprint density at radius 2 is 1.86 bits per heavy atom. The maximum atomic E-state index is 13.3. The summed E-state index contributed by atoms with van der Waals surface area (Å²) in [6.07, 6.45) is -0.511. The quantitative estimate of drug-likeness (QED) is 0.510. The monoisotopic (exact) mass is 398 g/mol. The normalized spacial score (nSPS) is 10.4. The van der Waals surface area contributed by atoms with Gasteiger partial charge in [0.25, 0.3) is 0 Å². The molecule has 0 heterocycles. The summed E-state index contributed by atoms with van der Waals surface area (Å²) in [4.78, 5) is 11.9. The number of hydrogen-bond donors (Lipinski definition) is 2. The van der Waals surface area contributed by atoms with Crippen LogP contribution in [-0.4, -0.2) is 12.7 Å². The molecule has 0 saturated carbocycles. The van der Waals surface area contributed by atoms with Crippen LogP contribution in [0.5, 0.6) is 0 Å². The largest absolute Gasteiger partial charge is 0.450 e. The van der Waals surface area contributed by atoms with E-state index >= 15 is 0 Å². The van der Waals surface area contributed by atoms with Crippen molar-refractivity contribution in [1.29, 1.82) is 0 Å². The summed E-state index contributed by atoms with van der Waals surface area (Å²) < 4.78 is 18.3. The van der Waals surface area contributed by atoms with Gasteiger partial charge in [0, 0.05) is 22.8 Å². The summed E-state index contributed by atoms with van der Waals surface area (Å²) in [5, 5.41) is 6.60. The highest BCUT2D eigenvalue weighted by Gasteiger charge is 2.11. The van der Waals surface area contributed by atoms with Crippen molar-refractivity contribution in [2.75, 3.05) is 17.2 Å². The zero-order chi connectivity index (χ0) is 19.9. The number of amides is 1. The van der Waals surface area contributed by atoms with Gasteiger partial charge in [0.05, 0.1) is 12.3 Å². The van der Waals surface area contributed by atoms with Crippen molar-refractivity contribution in [1.82, 2.24) is 0 Å². The van der Waals surface area contributed by atoms with Crippen LogP contribution in [0.2, 0.25) is 5.02 Å². The van der Waals surface area contributed by atoms with E-state index in [0.29, 0.717) is 22.9 Å². The summed E-state index contributed by atoms with van der Waals surface area (Å²) in [7, 11) is 0. The highest BCUT2D eigenvalue weighted by atomic mass is 35.5. The van der Waals surface area contributed by atoms with Gasteiger partial charge < -0.3 is 10.1 Å². The maximum absolute atomic E-state index is 13.3. The first-order valence-corrected chi connectivity index (χ1v) is 9.25. The fourth-order valence-corrected chi connectivity index (χ4v) is 2.88. The lowest BCUT2D eigenvalue weighted by atomic mass is 10.0. The molecule has 0 radical (unpaired) electrons. The molecule has 0 aromatic heterocycles. The van der Waals surface area contributed by atoms with Gasteiger partial charge in [0.2, 0.25) is 0 Å². The minimum Gasteiger partial charge on any atom is -0.450 e. The van der Waals surface area contributed by atoms with Gasteiger partial charge in [-0.25, -0.2) is 9.18 Å². The first-order chi connectivity index (χ1) is 13.5. The Bertz CT molecular complexity index is 961. The second kappa shape index (κ2) is 9.24. The SMILES string of the molecule is CCOC(=O)Nc1ccc(CNc2cccc(F)c2)cc1-c1ccc(Cl)cc1. The Labute approximate surface area is 168 Å². The minimum atomic E-state index is -0.511. The van der Waals surface area contributed by atoms with Crippen LogP contribution in [-0.2, 0) is 11.3 Å². The highest BCUT2D eigenvalue weighted by Crippen LogP contribution is 2.30. The number of carbonyl (C=O) groups excluding carboxylic acids is 1. The molecule has 144 valence electrons. The molecule has 3 aromatic rings. The number of halogens is 2. The zero-order valence-electron chi connectivity index (χ0n) is 15.3. The number of hydrogen-bond acceptors (Lipinski definition) is 3. The third-order valence-corrected chi connectivity index (χ3v) is 4.32. The van der Waals surface area contributed by atoms with Crippen LogP contribution in [0.4, 0.5) is 20.6 Å². The Morgan fingerprint density at radius 1 is 1.07 bits per heavy atom. The van der Waals surface area contributed by atoms with Gasteiger partial charge >= 0.3 is 6.09 Å². The molecule has 0 atom stereocenters. The van der Waals surface area contributed by atoms with Crippen molar-refractivity contribution in [2.45, 2.75) is 13.5 Å². The molecule has 3 aromatic carbocycles.